The third-order valence-corrected chi connectivity index (χ3v) is 9.49. The van der Waals surface area contributed by atoms with Gasteiger partial charge in [0.05, 0.1) is 30.8 Å². The standard InChI is InChI=1S/C32H42N2O6/c1-6-20(2)23(19-35)34-27-29(37)33(26-21(3)13-11-14-22(26)4)17-12-16-32(27)24(28(34)36)25-30(38)39-18-10-8-7-9-15-31(25,5)40-32/h9,11-16,20,23-25,27,35H,6-8,10,17-19H2,1-5H3/b15-9-/t20-,23-,24-,25-,27?,31+,32-/m0/s1. The number of amides is 2. The van der Waals surface area contributed by atoms with E-state index in [9.17, 15) is 19.5 Å². The lowest BCUT2D eigenvalue weighted by Gasteiger charge is -2.42. The molecule has 1 unspecified atom stereocenters. The molecule has 1 aromatic rings. The number of ether oxygens (including phenoxy) is 2. The number of para-hydroxylation sites is 1. The number of esters is 1. The largest absolute Gasteiger partial charge is 0.465 e. The summed E-state index contributed by atoms with van der Waals surface area (Å²) in [4.78, 5) is 46.3. The van der Waals surface area contributed by atoms with Crippen molar-refractivity contribution in [3.63, 3.8) is 0 Å². The summed E-state index contributed by atoms with van der Waals surface area (Å²) < 4.78 is 12.6. The third-order valence-electron chi connectivity index (χ3n) is 9.49. The molecule has 0 saturated carbocycles. The summed E-state index contributed by atoms with van der Waals surface area (Å²) in [7, 11) is 0. The number of hydrogen-bond donors (Lipinski definition) is 1. The van der Waals surface area contributed by atoms with Crippen molar-refractivity contribution < 1.29 is 29.0 Å². The van der Waals surface area contributed by atoms with E-state index < -0.39 is 41.1 Å². The fourth-order valence-electron chi connectivity index (χ4n) is 7.34. The maximum absolute atomic E-state index is 14.8. The molecule has 0 bridgehead atoms. The van der Waals surface area contributed by atoms with Gasteiger partial charge in [-0.05, 0) is 57.1 Å². The van der Waals surface area contributed by atoms with Crippen molar-refractivity contribution in [3.05, 3.63) is 53.6 Å². The van der Waals surface area contributed by atoms with E-state index in [1.807, 2.05) is 77.1 Å². The highest BCUT2D eigenvalue weighted by Gasteiger charge is 2.75. The minimum Gasteiger partial charge on any atom is -0.465 e. The predicted octanol–water partition coefficient (Wildman–Crippen LogP) is 3.87. The van der Waals surface area contributed by atoms with Gasteiger partial charge in [0.15, 0.2) is 0 Å². The first kappa shape index (κ1) is 28.6. The highest BCUT2D eigenvalue weighted by Crippen LogP contribution is 2.58. The molecule has 4 heterocycles. The van der Waals surface area contributed by atoms with Crippen LogP contribution in [0.4, 0.5) is 5.69 Å². The molecule has 5 rings (SSSR count). The molecule has 1 N–H and O–H groups in total. The van der Waals surface area contributed by atoms with Crippen molar-refractivity contribution in [1.82, 2.24) is 4.90 Å². The second-order valence-corrected chi connectivity index (χ2v) is 12.0. The molecule has 4 aliphatic rings. The van der Waals surface area contributed by atoms with E-state index in [0.717, 1.165) is 36.1 Å². The molecule has 7 atom stereocenters. The molecule has 4 aliphatic heterocycles. The van der Waals surface area contributed by atoms with Crippen LogP contribution >= 0.6 is 0 Å². The molecule has 1 aromatic carbocycles. The van der Waals surface area contributed by atoms with Gasteiger partial charge in [0.1, 0.15) is 17.6 Å². The number of fused-ring (bicyclic) bond motifs is 2. The van der Waals surface area contributed by atoms with Crippen molar-refractivity contribution in [2.24, 2.45) is 17.8 Å². The lowest BCUT2D eigenvalue weighted by Crippen LogP contribution is -2.60. The summed E-state index contributed by atoms with van der Waals surface area (Å²) in [6, 6.07) is 4.24. The van der Waals surface area contributed by atoms with Gasteiger partial charge in [-0.2, -0.15) is 0 Å². The van der Waals surface area contributed by atoms with Crippen LogP contribution in [0.5, 0.6) is 0 Å². The number of carbonyl (C=O) groups excluding carboxylic acids is 3. The number of rotatable bonds is 5. The quantitative estimate of drug-likeness (QED) is 0.442. The van der Waals surface area contributed by atoms with Crippen LogP contribution in [0.1, 0.15) is 57.6 Å². The first-order valence-corrected chi connectivity index (χ1v) is 14.6. The lowest BCUT2D eigenvalue weighted by molar-refractivity contribution is -0.160. The van der Waals surface area contributed by atoms with Gasteiger partial charge in [0, 0.05) is 12.2 Å². The third kappa shape index (κ3) is 4.31. The molecule has 0 aromatic heterocycles. The second kappa shape index (κ2) is 10.8. The summed E-state index contributed by atoms with van der Waals surface area (Å²) in [5.41, 5.74) is 0.174. The van der Waals surface area contributed by atoms with Gasteiger partial charge in [0.25, 0.3) is 5.91 Å². The van der Waals surface area contributed by atoms with Crippen LogP contribution in [0, 0.1) is 31.6 Å². The number of allylic oxidation sites excluding steroid dienone is 1. The topological polar surface area (TPSA) is 96.4 Å². The van der Waals surface area contributed by atoms with Crippen LogP contribution < -0.4 is 4.90 Å². The van der Waals surface area contributed by atoms with Crippen molar-refractivity contribution in [2.75, 3.05) is 24.7 Å². The number of aliphatic hydroxyl groups is 1. The minimum atomic E-state index is -1.39. The van der Waals surface area contributed by atoms with Crippen molar-refractivity contribution in [3.8, 4) is 0 Å². The number of anilines is 1. The van der Waals surface area contributed by atoms with Crippen LogP contribution in [0.3, 0.4) is 0 Å². The predicted molar refractivity (Wildman–Crippen MR) is 152 cm³/mol. The maximum Gasteiger partial charge on any atom is 0.313 e. The Morgan fingerprint density at radius 2 is 1.77 bits per heavy atom. The SMILES string of the molecule is CC[C@H](C)[C@H](CO)N1C(=O)[C@@H]2[C@H]3C(=O)OCCCC/C=C\[C@@]3(C)O[C@@]23C=CCN(c2c(C)cccc2C)C(=O)C13. The Kier molecular flexibility index (Phi) is 7.70. The number of aryl methyl sites for hydroxylation is 2. The number of aliphatic hydroxyl groups excluding tert-OH is 1. The molecule has 216 valence electrons. The van der Waals surface area contributed by atoms with Crippen LogP contribution in [0.15, 0.2) is 42.5 Å². The summed E-state index contributed by atoms with van der Waals surface area (Å²) in [6.45, 7) is 10.0. The Hall–Kier alpha value is -2.97. The van der Waals surface area contributed by atoms with Crippen LogP contribution in [0.2, 0.25) is 0 Å². The van der Waals surface area contributed by atoms with E-state index >= 15 is 0 Å². The van der Waals surface area contributed by atoms with Gasteiger partial charge >= 0.3 is 5.97 Å². The van der Waals surface area contributed by atoms with E-state index in [1.54, 1.807) is 9.80 Å². The van der Waals surface area contributed by atoms with Crippen molar-refractivity contribution in [2.45, 2.75) is 83.6 Å². The summed E-state index contributed by atoms with van der Waals surface area (Å²) in [6.07, 6.45) is 10.8. The molecule has 0 aliphatic carbocycles. The Bertz CT molecular complexity index is 1220. The fourth-order valence-corrected chi connectivity index (χ4v) is 7.34. The fraction of sp³-hybridized carbons (Fsp3) is 0.594. The zero-order valence-corrected chi connectivity index (χ0v) is 24.3. The maximum atomic E-state index is 14.8. The molecule has 2 amide bonds. The first-order valence-electron chi connectivity index (χ1n) is 14.6. The highest BCUT2D eigenvalue weighted by molar-refractivity contribution is 6.06. The second-order valence-electron chi connectivity index (χ2n) is 12.0. The summed E-state index contributed by atoms with van der Waals surface area (Å²) >= 11 is 0. The number of benzene rings is 1. The molecule has 2 fully saturated rings. The summed E-state index contributed by atoms with van der Waals surface area (Å²) in [5.74, 6) is -3.07. The number of cyclic esters (lactones) is 1. The highest BCUT2D eigenvalue weighted by atomic mass is 16.6. The molecule has 8 heteroatoms. The smallest absolute Gasteiger partial charge is 0.313 e. The van der Waals surface area contributed by atoms with E-state index in [2.05, 4.69) is 0 Å². The molecule has 0 radical (unpaired) electrons. The zero-order chi connectivity index (χ0) is 28.8. The van der Waals surface area contributed by atoms with Gasteiger partial charge in [-0.15, -0.1) is 0 Å². The number of likely N-dealkylation sites (tertiary alicyclic amines) is 1. The van der Waals surface area contributed by atoms with E-state index in [1.165, 1.54) is 0 Å². The average Bonchev–Trinajstić information content (AvgIpc) is 3.25. The molecule has 1 spiro atoms. The van der Waals surface area contributed by atoms with Crippen LogP contribution in [-0.2, 0) is 23.9 Å². The molecule has 2 saturated heterocycles. The van der Waals surface area contributed by atoms with Crippen LogP contribution in [0.25, 0.3) is 0 Å². The van der Waals surface area contributed by atoms with Crippen molar-refractivity contribution in [1.29, 1.82) is 0 Å². The van der Waals surface area contributed by atoms with E-state index in [-0.39, 0.29) is 30.9 Å². The normalized spacial score (nSPS) is 34.5. The Morgan fingerprint density at radius 3 is 2.45 bits per heavy atom. The molecule has 8 nitrogen and oxygen atoms in total. The van der Waals surface area contributed by atoms with Gasteiger partial charge < -0.3 is 24.4 Å². The Balaban J connectivity index is 1.71. The average molecular weight is 551 g/mol. The number of hydrogen-bond acceptors (Lipinski definition) is 6. The van der Waals surface area contributed by atoms with Crippen LogP contribution in [-0.4, -0.2) is 70.8 Å². The monoisotopic (exact) mass is 550 g/mol. The van der Waals surface area contributed by atoms with Gasteiger partial charge in [0.2, 0.25) is 5.91 Å². The van der Waals surface area contributed by atoms with Gasteiger partial charge in [-0.25, -0.2) is 0 Å². The van der Waals surface area contributed by atoms with Gasteiger partial charge in [-0.3, -0.25) is 14.4 Å². The number of carbonyl (C=O) groups is 3. The van der Waals surface area contributed by atoms with E-state index in [0.29, 0.717) is 13.0 Å². The van der Waals surface area contributed by atoms with Crippen molar-refractivity contribution >= 4 is 23.5 Å². The molecular formula is C32H42N2O6. The van der Waals surface area contributed by atoms with Gasteiger partial charge in [-0.1, -0.05) is 62.8 Å². The first-order chi connectivity index (χ1) is 19.1. The lowest BCUT2D eigenvalue weighted by atomic mass is 9.74. The zero-order valence-electron chi connectivity index (χ0n) is 24.3. The molecular weight excluding hydrogens is 508 g/mol. The Morgan fingerprint density at radius 1 is 1.05 bits per heavy atom. The number of nitrogens with zero attached hydrogens (tertiary/aromatic N) is 2. The minimum absolute atomic E-state index is 0.0826. The summed E-state index contributed by atoms with van der Waals surface area (Å²) in [5, 5.41) is 10.6. The van der Waals surface area contributed by atoms with E-state index in [4.69, 9.17) is 9.47 Å². The Labute approximate surface area is 237 Å². The molecule has 40 heavy (non-hydrogen) atoms.